The number of fused-ring (bicyclic) bond motifs is 2. The van der Waals surface area contributed by atoms with Crippen LogP contribution in [0.2, 0.25) is 0 Å². The quantitative estimate of drug-likeness (QED) is 0.427. The van der Waals surface area contributed by atoms with Gasteiger partial charge in [-0.1, -0.05) is 0 Å². The van der Waals surface area contributed by atoms with Crippen LogP contribution in [0.5, 0.6) is 0 Å². The first-order chi connectivity index (χ1) is 15.8. The topological polar surface area (TPSA) is 95.9 Å². The van der Waals surface area contributed by atoms with E-state index in [0.717, 1.165) is 40.8 Å². The summed E-state index contributed by atoms with van der Waals surface area (Å²) in [5, 5.41) is 19.7. The van der Waals surface area contributed by atoms with E-state index in [1.165, 1.54) is 17.6 Å². The molecule has 4 heterocycles. The number of hydrogen-bond donors (Lipinski definition) is 2. The second-order valence-electron chi connectivity index (χ2n) is 7.94. The number of aryl methyl sites for hydroxylation is 1. The Bertz CT molecular complexity index is 1260. The number of carbonyl (C=O) groups is 1. The molecule has 3 aromatic heterocycles. The zero-order chi connectivity index (χ0) is 23.3. The Kier molecular flexibility index (Phi) is 5.49. The summed E-state index contributed by atoms with van der Waals surface area (Å²) in [6.45, 7) is 0. The largest absolute Gasteiger partial charge is 0.467 e. The van der Waals surface area contributed by atoms with Crippen molar-refractivity contribution in [2.45, 2.75) is 50.4 Å². The fourth-order valence-corrected chi connectivity index (χ4v) is 6.14. The van der Waals surface area contributed by atoms with Gasteiger partial charge in [0.2, 0.25) is 0 Å². The number of aromatic nitrogens is 2. The van der Waals surface area contributed by atoms with Gasteiger partial charge in [-0.25, -0.2) is 4.68 Å². The molecule has 5 rings (SSSR count). The van der Waals surface area contributed by atoms with Crippen molar-refractivity contribution in [2.75, 3.05) is 10.6 Å². The van der Waals surface area contributed by atoms with Crippen molar-refractivity contribution in [1.82, 2.24) is 9.78 Å². The average molecular weight is 540 g/mol. The molecule has 0 bridgehead atoms. The minimum atomic E-state index is -4.58. The van der Waals surface area contributed by atoms with Gasteiger partial charge in [0.1, 0.15) is 22.6 Å². The lowest BCUT2D eigenvalue weighted by Gasteiger charge is -2.32. The molecule has 0 saturated carbocycles. The second-order valence-corrected chi connectivity index (χ2v) is 9.84. The fraction of sp³-hybridized carbons (Fsp3) is 0.381. The molecule has 1 aliphatic carbocycles. The Labute approximate surface area is 198 Å². The molecule has 0 saturated heterocycles. The van der Waals surface area contributed by atoms with Gasteiger partial charge in [-0.3, -0.25) is 4.79 Å². The predicted octanol–water partition coefficient (Wildman–Crippen LogP) is 5.96. The van der Waals surface area contributed by atoms with Crippen molar-refractivity contribution >= 4 is 44.0 Å². The molecular formula is C21H17BrF3N5O2S. The highest BCUT2D eigenvalue weighted by Crippen LogP contribution is 2.46. The van der Waals surface area contributed by atoms with E-state index in [1.54, 1.807) is 12.1 Å². The molecule has 33 heavy (non-hydrogen) atoms. The molecule has 0 spiro atoms. The molecule has 172 valence electrons. The van der Waals surface area contributed by atoms with Gasteiger partial charge in [-0.2, -0.15) is 23.5 Å². The van der Waals surface area contributed by atoms with Gasteiger partial charge in [-0.05, 0) is 59.3 Å². The summed E-state index contributed by atoms with van der Waals surface area (Å²) in [7, 11) is 0. The summed E-state index contributed by atoms with van der Waals surface area (Å²) < 4.78 is 47.9. The third-order valence-electron chi connectivity index (χ3n) is 5.91. The van der Waals surface area contributed by atoms with Crippen LogP contribution < -0.4 is 10.6 Å². The molecule has 12 heteroatoms. The third kappa shape index (κ3) is 3.83. The number of hydrogen-bond acceptors (Lipinski definition) is 6. The summed E-state index contributed by atoms with van der Waals surface area (Å²) in [6.07, 6.45) is 0.0968. The van der Waals surface area contributed by atoms with Gasteiger partial charge < -0.3 is 15.1 Å². The lowest BCUT2D eigenvalue weighted by molar-refractivity contribution is -0.174. The van der Waals surface area contributed by atoms with Crippen molar-refractivity contribution in [2.24, 2.45) is 0 Å². The highest BCUT2D eigenvalue weighted by atomic mass is 79.9. The number of thiophene rings is 1. The number of amides is 1. The monoisotopic (exact) mass is 539 g/mol. The van der Waals surface area contributed by atoms with Crippen LogP contribution in [0.1, 0.15) is 63.6 Å². The lowest BCUT2D eigenvalue weighted by atomic mass is 9.96. The van der Waals surface area contributed by atoms with Crippen LogP contribution in [0.4, 0.5) is 24.0 Å². The Morgan fingerprint density at radius 1 is 1.39 bits per heavy atom. The Balaban J connectivity index is 1.49. The average Bonchev–Trinajstić information content (AvgIpc) is 3.50. The zero-order valence-electron chi connectivity index (χ0n) is 17.0. The van der Waals surface area contributed by atoms with Gasteiger partial charge in [0.05, 0.1) is 22.3 Å². The molecule has 0 fully saturated rings. The van der Waals surface area contributed by atoms with Crippen LogP contribution >= 0.6 is 27.3 Å². The normalized spacial score (nSPS) is 19.8. The number of alkyl halides is 3. The summed E-state index contributed by atoms with van der Waals surface area (Å²) in [5.41, 5.74) is 1.18. The number of carbonyl (C=O) groups excluding carboxylic acids is 1. The van der Waals surface area contributed by atoms with Gasteiger partial charge in [0.15, 0.2) is 11.7 Å². The van der Waals surface area contributed by atoms with Gasteiger partial charge in [0, 0.05) is 11.3 Å². The van der Waals surface area contributed by atoms with E-state index in [2.05, 4.69) is 37.7 Å². The molecule has 0 unspecified atom stereocenters. The Morgan fingerprint density at radius 2 is 2.18 bits per heavy atom. The molecular weight excluding hydrogens is 523 g/mol. The minimum Gasteiger partial charge on any atom is -0.467 e. The van der Waals surface area contributed by atoms with E-state index in [9.17, 15) is 23.2 Å². The maximum Gasteiger partial charge on any atom is 0.410 e. The lowest BCUT2D eigenvalue weighted by Crippen LogP contribution is -2.35. The maximum atomic E-state index is 13.9. The number of nitriles is 1. The number of nitrogens with one attached hydrogen (secondary N) is 2. The van der Waals surface area contributed by atoms with Crippen LogP contribution in [0.15, 0.2) is 27.3 Å². The zero-order valence-corrected chi connectivity index (χ0v) is 19.4. The van der Waals surface area contributed by atoms with E-state index in [0.29, 0.717) is 16.3 Å². The number of furan rings is 1. The Hall–Kier alpha value is -2.78. The van der Waals surface area contributed by atoms with Crippen LogP contribution in [0.25, 0.3) is 0 Å². The SMILES string of the molecule is N#Cc1c(NC(=O)c2nn3c(c2Br)N[C@H](c2ccco2)C[C@H]3C(F)(F)F)sc2c1CCCC2. The van der Waals surface area contributed by atoms with Crippen molar-refractivity contribution in [3.8, 4) is 6.07 Å². The number of rotatable bonds is 3. The molecule has 0 aromatic carbocycles. The fourth-order valence-electron chi connectivity index (χ4n) is 4.35. The van der Waals surface area contributed by atoms with Crippen LogP contribution in [-0.2, 0) is 12.8 Å². The summed E-state index contributed by atoms with van der Waals surface area (Å²) in [6, 6.07) is 2.68. The number of anilines is 2. The van der Waals surface area contributed by atoms with Crippen LogP contribution in [0, 0.1) is 11.3 Å². The summed E-state index contributed by atoms with van der Waals surface area (Å²) >= 11 is 4.60. The molecule has 2 aliphatic rings. The van der Waals surface area contributed by atoms with Crippen molar-refractivity contribution in [3.05, 3.63) is 50.3 Å². The molecule has 1 amide bonds. The van der Waals surface area contributed by atoms with E-state index in [-0.39, 0.29) is 22.4 Å². The standard InChI is InChI=1S/C21H17BrF3N5O2S/c22-16-17(19(31)28-20-11(9-26)10-4-1-2-6-14(10)33-20)29-30-15(21(23,24)25)8-12(27-18(16)30)13-5-3-7-32-13/h3,5,7,12,15,27H,1-2,4,6,8H2,(H,28,31)/t12-,15-/m0/s1. The second kappa shape index (κ2) is 8.22. The van der Waals surface area contributed by atoms with Gasteiger partial charge in [0.25, 0.3) is 5.91 Å². The van der Waals surface area contributed by atoms with E-state index in [4.69, 9.17) is 4.42 Å². The molecule has 0 radical (unpaired) electrons. The van der Waals surface area contributed by atoms with Crippen LogP contribution in [-0.4, -0.2) is 21.9 Å². The molecule has 2 atom stereocenters. The first-order valence-electron chi connectivity index (χ1n) is 10.3. The van der Waals surface area contributed by atoms with E-state index < -0.39 is 24.2 Å². The molecule has 7 nitrogen and oxygen atoms in total. The van der Waals surface area contributed by atoms with Gasteiger partial charge >= 0.3 is 6.18 Å². The van der Waals surface area contributed by atoms with Crippen molar-refractivity contribution in [1.29, 1.82) is 5.26 Å². The van der Waals surface area contributed by atoms with E-state index >= 15 is 0 Å². The molecule has 1 aliphatic heterocycles. The number of halogens is 4. The molecule has 2 N–H and O–H groups in total. The van der Waals surface area contributed by atoms with Crippen LogP contribution in [0.3, 0.4) is 0 Å². The third-order valence-corrected chi connectivity index (χ3v) is 7.87. The predicted molar refractivity (Wildman–Crippen MR) is 118 cm³/mol. The first kappa shape index (κ1) is 22.0. The number of nitrogens with zero attached hydrogens (tertiary/aromatic N) is 3. The van der Waals surface area contributed by atoms with E-state index in [1.807, 2.05) is 0 Å². The highest BCUT2D eigenvalue weighted by molar-refractivity contribution is 9.10. The maximum absolute atomic E-state index is 13.9. The summed E-state index contributed by atoms with van der Waals surface area (Å²) in [5.74, 6) is -0.283. The van der Waals surface area contributed by atoms with Crippen molar-refractivity contribution in [3.63, 3.8) is 0 Å². The smallest absolute Gasteiger partial charge is 0.410 e. The first-order valence-corrected chi connectivity index (χ1v) is 11.9. The Morgan fingerprint density at radius 3 is 2.88 bits per heavy atom. The summed E-state index contributed by atoms with van der Waals surface area (Å²) in [4.78, 5) is 14.1. The highest BCUT2D eigenvalue weighted by Gasteiger charge is 2.48. The minimum absolute atomic E-state index is 0.0427. The molecule has 3 aromatic rings. The van der Waals surface area contributed by atoms with Crippen molar-refractivity contribution < 1.29 is 22.4 Å². The van der Waals surface area contributed by atoms with Gasteiger partial charge in [-0.15, -0.1) is 11.3 Å².